The van der Waals surface area contributed by atoms with Crippen LogP contribution < -0.4 is 5.32 Å². The van der Waals surface area contributed by atoms with E-state index >= 15 is 0 Å². The van der Waals surface area contributed by atoms with Crippen molar-refractivity contribution in [3.05, 3.63) is 68.9 Å². The van der Waals surface area contributed by atoms with E-state index in [1.54, 1.807) is 18.2 Å². The van der Waals surface area contributed by atoms with Crippen LogP contribution in [0, 0.1) is 5.82 Å². The summed E-state index contributed by atoms with van der Waals surface area (Å²) < 4.78 is 14.3. The third-order valence-corrected chi connectivity index (χ3v) is 4.16. The van der Waals surface area contributed by atoms with Gasteiger partial charge in [-0.1, -0.05) is 39.7 Å². The van der Waals surface area contributed by atoms with E-state index in [-0.39, 0.29) is 12.0 Å². The van der Waals surface area contributed by atoms with E-state index in [1.165, 1.54) is 18.2 Å². The van der Waals surface area contributed by atoms with Crippen molar-refractivity contribution in [2.24, 2.45) is 0 Å². The average Bonchev–Trinajstić information content (AvgIpc) is 2.50. The molecule has 2 aromatic rings. The third-order valence-electron chi connectivity index (χ3n) is 3.15. The number of hydrogen-bond donors (Lipinski definition) is 2. The average molecular weight is 401 g/mol. The first kappa shape index (κ1) is 17.4. The minimum Gasteiger partial charge on any atom is -0.480 e. The number of benzene rings is 2. The highest BCUT2D eigenvalue weighted by atomic mass is 79.9. The van der Waals surface area contributed by atoms with Crippen molar-refractivity contribution in [2.75, 3.05) is 0 Å². The minimum absolute atomic E-state index is 0.0106. The molecule has 0 bridgehead atoms. The van der Waals surface area contributed by atoms with E-state index in [4.69, 9.17) is 11.6 Å². The summed E-state index contributed by atoms with van der Waals surface area (Å²) in [6.45, 7) is 0. The lowest BCUT2D eigenvalue weighted by Gasteiger charge is -2.16. The molecule has 7 heteroatoms. The quantitative estimate of drug-likeness (QED) is 0.805. The number of rotatable bonds is 5. The first-order valence-electron chi connectivity index (χ1n) is 6.60. The zero-order chi connectivity index (χ0) is 17.0. The number of amides is 1. The lowest BCUT2D eigenvalue weighted by molar-refractivity contribution is -0.139. The lowest BCUT2D eigenvalue weighted by Crippen LogP contribution is -2.42. The molecule has 4 nitrogen and oxygen atoms in total. The van der Waals surface area contributed by atoms with Gasteiger partial charge in [-0.2, -0.15) is 0 Å². The smallest absolute Gasteiger partial charge is 0.326 e. The van der Waals surface area contributed by atoms with Crippen LogP contribution in [0.3, 0.4) is 0 Å². The molecule has 0 radical (unpaired) electrons. The Hall–Kier alpha value is -1.92. The van der Waals surface area contributed by atoms with E-state index in [0.29, 0.717) is 15.1 Å². The number of carbonyl (C=O) groups excluding carboxylic acids is 1. The first-order chi connectivity index (χ1) is 10.9. The normalized spacial score (nSPS) is 11.8. The molecule has 1 amide bonds. The Bertz CT molecular complexity index is 754. The van der Waals surface area contributed by atoms with Gasteiger partial charge in [0, 0.05) is 15.9 Å². The number of aliphatic carboxylic acids is 1. The van der Waals surface area contributed by atoms with Gasteiger partial charge in [0.1, 0.15) is 11.9 Å². The number of nitrogens with one attached hydrogen (secondary N) is 1. The van der Waals surface area contributed by atoms with Gasteiger partial charge < -0.3 is 10.4 Å². The molecular weight excluding hydrogens is 389 g/mol. The zero-order valence-corrected chi connectivity index (χ0v) is 14.1. The zero-order valence-electron chi connectivity index (χ0n) is 11.7. The molecule has 0 spiro atoms. The van der Waals surface area contributed by atoms with Crippen molar-refractivity contribution in [3.8, 4) is 0 Å². The Morgan fingerprint density at radius 1 is 1.26 bits per heavy atom. The van der Waals surface area contributed by atoms with Crippen LogP contribution in [0.1, 0.15) is 15.9 Å². The van der Waals surface area contributed by atoms with Crippen LogP contribution in [-0.2, 0) is 11.2 Å². The van der Waals surface area contributed by atoms with Crippen LogP contribution in [0.5, 0.6) is 0 Å². The maximum Gasteiger partial charge on any atom is 0.326 e. The number of carboxylic acid groups (broad SMARTS) is 1. The van der Waals surface area contributed by atoms with Crippen LogP contribution >= 0.6 is 27.5 Å². The summed E-state index contributed by atoms with van der Waals surface area (Å²) in [4.78, 5) is 23.5. The van der Waals surface area contributed by atoms with Crippen molar-refractivity contribution in [1.82, 2.24) is 5.32 Å². The Morgan fingerprint density at radius 2 is 1.96 bits per heavy atom. The maximum absolute atomic E-state index is 13.6. The van der Waals surface area contributed by atoms with Gasteiger partial charge >= 0.3 is 5.97 Å². The molecule has 0 unspecified atom stereocenters. The summed E-state index contributed by atoms with van der Waals surface area (Å²) >= 11 is 9.20. The van der Waals surface area contributed by atoms with Crippen molar-refractivity contribution in [3.63, 3.8) is 0 Å². The monoisotopic (exact) mass is 399 g/mol. The second kappa shape index (κ2) is 7.57. The highest BCUT2D eigenvalue weighted by Crippen LogP contribution is 2.22. The van der Waals surface area contributed by atoms with Crippen LogP contribution in [0.25, 0.3) is 0 Å². The lowest BCUT2D eigenvalue weighted by atomic mass is 10.1. The predicted molar refractivity (Wildman–Crippen MR) is 88.1 cm³/mol. The topological polar surface area (TPSA) is 66.4 Å². The van der Waals surface area contributed by atoms with Gasteiger partial charge in [-0.25, -0.2) is 9.18 Å². The van der Waals surface area contributed by atoms with Gasteiger partial charge in [-0.05, 0) is 35.9 Å². The fourth-order valence-corrected chi connectivity index (χ4v) is 2.60. The van der Waals surface area contributed by atoms with Gasteiger partial charge in [-0.15, -0.1) is 0 Å². The van der Waals surface area contributed by atoms with Gasteiger partial charge in [-0.3, -0.25) is 4.79 Å². The van der Waals surface area contributed by atoms with Crippen molar-refractivity contribution >= 4 is 39.4 Å². The Kier molecular flexibility index (Phi) is 5.74. The summed E-state index contributed by atoms with van der Waals surface area (Å²) in [5.74, 6) is -2.71. The van der Waals surface area contributed by atoms with Gasteiger partial charge in [0.15, 0.2) is 0 Å². The van der Waals surface area contributed by atoms with E-state index in [2.05, 4.69) is 21.2 Å². The van der Waals surface area contributed by atoms with Gasteiger partial charge in [0.2, 0.25) is 0 Å². The molecule has 1 atom stereocenters. The molecule has 0 aliphatic rings. The standard InChI is InChI=1S/C16H12BrClFNO3/c17-12-6-5-10(18)7-9(12)8-14(16(22)23)20-15(21)11-3-1-2-4-13(11)19/h1-7,14H,8H2,(H,20,21)(H,22,23)/t14-/m0/s1. The van der Waals surface area contributed by atoms with Gasteiger partial charge in [0.25, 0.3) is 5.91 Å². The molecule has 0 aliphatic carbocycles. The molecule has 0 saturated heterocycles. The SMILES string of the molecule is O=C(N[C@@H](Cc1cc(Cl)ccc1Br)C(=O)O)c1ccccc1F. The number of halogens is 3. The Morgan fingerprint density at radius 3 is 2.61 bits per heavy atom. The van der Waals surface area contributed by atoms with E-state index < -0.39 is 23.7 Å². The van der Waals surface area contributed by atoms with Crippen LogP contribution in [0.2, 0.25) is 5.02 Å². The molecule has 0 saturated carbocycles. The fraction of sp³-hybridized carbons (Fsp3) is 0.125. The molecule has 2 N–H and O–H groups in total. The highest BCUT2D eigenvalue weighted by Gasteiger charge is 2.23. The van der Waals surface area contributed by atoms with E-state index in [9.17, 15) is 19.1 Å². The molecule has 120 valence electrons. The Labute approximate surface area is 145 Å². The predicted octanol–water partition coefficient (Wildman–Crippen LogP) is 3.67. The van der Waals surface area contributed by atoms with Gasteiger partial charge in [0.05, 0.1) is 5.56 Å². The molecule has 0 heterocycles. The van der Waals surface area contributed by atoms with Crippen LogP contribution in [-0.4, -0.2) is 23.0 Å². The van der Waals surface area contributed by atoms with E-state index in [1.807, 2.05) is 0 Å². The first-order valence-corrected chi connectivity index (χ1v) is 7.77. The van der Waals surface area contributed by atoms with Crippen molar-refractivity contribution in [1.29, 1.82) is 0 Å². The fourth-order valence-electron chi connectivity index (χ4n) is 2.00. The molecule has 0 fully saturated rings. The van der Waals surface area contributed by atoms with Crippen molar-refractivity contribution in [2.45, 2.75) is 12.5 Å². The molecule has 0 aliphatic heterocycles. The highest BCUT2D eigenvalue weighted by molar-refractivity contribution is 9.10. The van der Waals surface area contributed by atoms with Crippen LogP contribution in [0.4, 0.5) is 4.39 Å². The summed E-state index contributed by atoms with van der Waals surface area (Å²) in [5.41, 5.74) is 0.419. The summed E-state index contributed by atoms with van der Waals surface area (Å²) in [6, 6.07) is 9.12. The van der Waals surface area contributed by atoms with Crippen LogP contribution in [0.15, 0.2) is 46.9 Å². The van der Waals surface area contributed by atoms with E-state index in [0.717, 1.165) is 6.07 Å². The molecule has 2 aromatic carbocycles. The largest absolute Gasteiger partial charge is 0.480 e. The summed E-state index contributed by atoms with van der Waals surface area (Å²) in [7, 11) is 0. The number of carboxylic acids is 1. The number of carbonyl (C=O) groups is 2. The summed E-state index contributed by atoms with van der Waals surface area (Å²) in [5, 5.41) is 12.1. The molecule has 23 heavy (non-hydrogen) atoms. The minimum atomic E-state index is -1.22. The third kappa shape index (κ3) is 4.53. The number of hydrogen-bond acceptors (Lipinski definition) is 2. The maximum atomic E-state index is 13.6. The van der Waals surface area contributed by atoms with Crippen molar-refractivity contribution < 1.29 is 19.1 Å². The second-order valence-corrected chi connectivity index (χ2v) is 6.07. The molecule has 2 rings (SSSR count). The Balaban J connectivity index is 2.19. The second-order valence-electron chi connectivity index (χ2n) is 4.78. The molecular formula is C16H12BrClFNO3. The molecule has 0 aromatic heterocycles. The summed E-state index contributed by atoms with van der Waals surface area (Å²) in [6.07, 6.45) is 0.0106.